The maximum absolute atomic E-state index is 5.35. The highest BCUT2D eigenvalue weighted by molar-refractivity contribution is 5.14. The topological polar surface area (TPSA) is 38.0 Å². The highest BCUT2D eigenvalue weighted by Gasteiger charge is 2.25. The monoisotopic (exact) mass is 877 g/mol. The lowest BCUT2D eigenvalue weighted by Crippen LogP contribution is -2.50. The molecule has 3 nitrogen and oxygen atoms in total. The Morgan fingerprint density at radius 3 is 0.841 bits per heavy atom. The van der Waals surface area contributed by atoms with E-state index in [4.69, 9.17) is 5.73 Å². The molecule has 0 saturated heterocycles. The smallest absolute Gasteiger partial charge is 0.0786 e. The Labute approximate surface area is 397 Å². The Kier molecular flexibility index (Phi) is 49.9. The van der Waals surface area contributed by atoms with Crippen molar-refractivity contribution in [2.75, 3.05) is 32.7 Å². The van der Waals surface area contributed by atoms with Gasteiger partial charge in [-0.3, -0.25) is 0 Å². The zero-order valence-electron chi connectivity index (χ0n) is 43.7. The van der Waals surface area contributed by atoms with E-state index in [9.17, 15) is 0 Å². The van der Waals surface area contributed by atoms with Gasteiger partial charge in [0.25, 0.3) is 0 Å². The third kappa shape index (κ3) is 44.0. The number of unbranched alkanes of at least 4 members (excludes halogenated alkanes) is 31. The maximum Gasteiger partial charge on any atom is 0.0786 e. The Morgan fingerprint density at radius 1 is 0.317 bits per heavy atom. The second kappa shape index (κ2) is 51.3. The standard InChI is InChI=1S/C32H68N.C21H37N.C7H9N/c1-5-9-13-17-21-25-29-33(30-26-22-18-14-10-6-2,31-27-23-19-15-11-7-3)32-28-24-20-16-12-8-4;1-2-3-4-5-6-7-8-9-10-11-12-16-19-22-20-21-17-14-13-15-18-21;8-6-7-4-2-1-3-5-7/h5-32H2,1-4H3;13-15,17-18,22H,2-12,16,19-20H2,1H3;1-5H,6,8H2/q+1;;. The minimum absolute atomic E-state index is 0.640. The van der Waals surface area contributed by atoms with Crippen molar-refractivity contribution in [2.24, 2.45) is 5.73 Å². The minimum Gasteiger partial charge on any atom is -0.326 e. The van der Waals surface area contributed by atoms with E-state index in [0.717, 1.165) is 13.1 Å². The van der Waals surface area contributed by atoms with E-state index in [0.29, 0.717) is 6.54 Å². The molecule has 0 aliphatic carbocycles. The van der Waals surface area contributed by atoms with Gasteiger partial charge in [-0.05, 0) is 75.5 Å². The number of quaternary nitrogens is 1. The van der Waals surface area contributed by atoms with Gasteiger partial charge in [0, 0.05) is 13.1 Å². The van der Waals surface area contributed by atoms with E-state index in [2.05, 4.69) is 70.3 Å². The van der Waals surface area contributed by atoms with Gasteiger partial charge in [0.05, 0.1) is 26.2 Å². The number of benzene rings is 2. The fraction of sp³-hybridized carbons (Fsp3) is 0.800. The van der Waals surface area contributed by atoms with Crippen LogP contribution in [0.5, 0.6) is 0 Å². The first-order chi connectivity index (χ1) is 31.1. The van der Waals surface area contributed by atoms with Crippen molar-refractivity contribution in [1.82, 2.24) is 5.32 Å². The summed E-state index contributed by atoms with van der Waals surface area (Å²) in [5, 5.41) is 3.54. The summed E-state index contributed by atoms with van der Waals surface area (Å²) in [4.78, 5) is 0. The van der Waals surface area contributed by atoms with Gasteiger partial charge >= 0.3 is 0 Å². The SMILES string of the molecule is CCCCCCCCCCCCCCNCc1ccccc1.CCCCCCCC[N+](CCCCCCCC)(CCCCCCCC)CCCCCCCC.NCc1ccccc1. The lowest BCUT2D eigenvalue weighted by molar-refractivity contribution is -0.929. The largest absolute Gasteiger partial charge is 0.326 e. The first-order valence-corrected chi connectivity index (χ1v) is 28.4. The molecular formula is C60H114N3+. The first-order valence-electron chi connectivity index (χ1n) is 28.4. The van der Waals surface area contributed by atoms with E-state index in [1.165, 1.54) is 273 Å². The Balaban J connectivity index is 0.00000108. The van der Waals surface area contributed by atoms with Crippen molar-refractivity contribution in [3.05, 3.63) is 71.8 Å². The van der Waals surface area contributed by atoms with Crippen LogP contribution in [0.25, 0.3) is 0 Å². The number of nitrogens with one attached hydrogen (secondary N) is 1. The van der Waals surface area contributed by atoms with Gasteiger partial charge in [0.15, 0.2) is 0 Å². The molecule has 0 saturated carbocycles. The van der Waals surface area contributed by atoms with Gasteiger partial charge < -0.3 is 15.5 Å². The van der Waals surface area contributed by atoms with Gasteiger partial charge in [-0.1, -0.05) is 269 Å². The number of hydrogen-bond acceptors (Lipinski definition) is 2. The molecule has 0 aliphatic rings. The van der Waals surface area contributed by atoms with Crippen LogP contribution in [0.15, 0.2) is 60.7 Å². The molecule has 2 rings (SSSR count). The van der Waals surface area contributed by atoms with Crippen LogP contribution in [0.3, 0.4) is 0 Å². The zero-order chi connectivity index (χ0) is 45.8. The van der Waals surface area contributed by atoms with Crippen molar-refractivity contribution < 1.29 is 4.48 Å². The second-order valence-corrected chi connectivity index (χ2v) is 19.5. The lowest BCUT2D eigenvalue weighted by Gasteiger charge is -2.40. The third-order valence-electron chi connectivity index (χ3n) is 13.4. The van der Waals surface area contributed by atoms with Gasteiger partial charge in [-0.25, -0.2) is 0 Å². The molecule has 0 fully saturated rings. The van der Waals surface area contributed by atoms with Crippen molar-refractivity contribution in [1.29, 1.82) is 0 Å². The zero-order valence-corrected chi connectivity index (χ0v) is 43.7. The molecule has 0 heterocycles. The molecule has 0 atom stereocenters. The molecule has 3 N–H and O–H groups in total. The molecule has 0 amide bonds. The summed E-state index contributed by atoms with van der Waals surface area (Å²) in [7, 11) is 0. The van der Waals surface area contributed by atoms with E-state index >= 15 is 0 Å². The van der Waals surface area contributed by atoms with Crippen molar-refractivity contribution in [3.8, 4) is 0 Å². The van der Waals surface area contributed by atoms with E-state index in [1.807, 2.05) is 30.3 Å². The Bertz CT molecular complexity index is 1020. The quantitative estimate of drug-likeness (QED) is 0.0514. The summed E-state index contributed by atoms with van der Waals surface area (Å²) < 4.78 is 1.48. The summed E-state index contributed by atoms with van der Waals surface area (Å²) in [6.45, 7) is 20.4. The third-order valence-corrected chi connectivity index (χ3v) is 13.4. The summed E-state index contributed by atoms with van der Waals surface area (Å²) >= 11 is 0. The van der Waals surface area contributed by atoms with Crippen molar-refractivity contribution in [3.63, 3.8) is 0 Å². The average molecular weight is 878 g/mol. The fourth-order valence-electron chi connectivity index (χ4n) is 9.11. The van der Waals surface area contributed by atoms with Gasteiger partial charge in [-0.15, -0.1) is 0 Å². The highest BCUT2D eigenvalue weighted by Crippen LogP contribution is 2.21. The minimum atomic E-state index is 0.640. The summed E-state index contributed by atoms with van der Waals surface area (Å²) in [5.41, 5.74) is 7.93. The molecule has 63 heavy (non-hydrogen) atoms. The molecule has 0 aromatic heterocycles. The van der Waals surface area contributed by atoms with E-state index in [-0.39, 0.29) is 0 Å². The molecule has 0 unspecified atom stereocenters. The molecule has 0 bridgehead atoms. The van der Waals surface area contributed by atoms with Crippen molar-refractivity contribution >= 4 is 0 Å². The van der Waals surface area contributed by atoms with E-state index in [1.54, 1.807) is 0 Å². The van der Waals surface area contributed by atoms with Gasteiger partial charge in [0.2, 0.25) is 0 Å². The number of nitrogens with zero attached hydrogens (tertiary/aromatic N) is 1. The van der Waals surface area contributed by atoms with Crippen molar-refractivity contribution in [2.45, 2.75) is 279 Å². The summed E-state index contributed by atoms with van der Waals surface area (Å²) in [6.07, 6.45) is 51.9. The molecular weight excluding hydrogens is 763 g/mol. The molecule has 0 radical (unpaired) electrons. The molecule has 0 spiro atoms. The van der Waals surface area contributed by atoms with Crippen LogP contribution in [-0.4, -0.2) is 37.2 Å². The summed E-state index contributed by atoms with van der Waals surface area (Å²) in [5.74, 6) is 0. The van der Waals surface area contributed by atoms with Gasteiger partial charge in [0.1, 0.15) is 0 Å². The van der Waals surface area contributed by atoms with E-state index < -0.39 is 0 Å². The average Bonchev–Trinajstić information content (AvgIpc) is 3.32. The second-order valence-electron chi connectivity index (χ2n) is 19.5. The van der Waals surface area contributed by atoms with Crippen LogP contribution in [-0.2, 0) is 13.1 Å². The predicted octanol–water partition coefficient (Wildman–Crippen LogP) is 18.9. The molecule has 368 valence electrons. The predicted molar refractivity (Wildman–Crippen MR) is 287 cm³/mol. The van der Waals surface area contributed by atoms with Crippen LogP contribution in [0.1, 0.15) is 277 Å². The van der Waals surface area contributed by atoms with Crippen LogP contribution in [0, 0.1) is 0 Å². The number of nitrogens with two attached hydrogens (primary N) is 1. The van der Waals surface area contributed by atoms with Crippen LogP contribution < -0.4 is 11.1 Å². The van der Waals surface area contributed by atoms with Crippen LogP contribution in [0.4, 0.5) is 0 Å². The lowest BCUT2D eigenvalue weighted by atomic mass is 10.0. The number of rotatable bonds is 44. The Hall–Kier alpha value is -1.68. The van der Waals surface area contributed by atoms with Gasteiger partial charge in [-0.2, -0.15) is 0 Å². The fourth-order valence-corrected chi connectivity index (χ4v) is 9.11. The molecule has 2 aromatic carbocycles. The summed E-state index contributed by atoms with van der Waals surface area (Å²) in [6, 6.07) is 20.7. The maximum atomic E-state index is 5.35. The van der Waals surface area contributed by atoms with Crippen LogP contribution in [0.2, 0.25) is 0 Å². The van der Waals surface area contributed by atoms with Crippen LogP contribution >= 0.6 is 0 Å². The number of hydrogen-bond donors (Lipinski definition) is 2. The normalized spacial score (nSPS) is 11.3. The molecule has 0 aliphatic heterocycles. The molecule has 3 heteroatoms. The Morgan fingerprint density at radius 2 is 0.571 bits per heavy atom. The highest BCUT2D eigenvalue weighted by atomic mass is 15.3. The first kappa shape index (κ1) is 61.3. The molecule has 2 aromatic rings.